The van der Waals surface area contributed by atoms with Crippen molar-refractivity contribution in [3.8, 4) is 5.75 Å². The number of para-hydroxylation sites is 1. The van der Waals surface area contributed by atoms with E-state index in [-0.39, 0.29) is 12.5 Å². The highest BCUT2D eigenvalue weighted by atomic mass is 16.6. The zero-order valence-corrected chi connectivity index (χ0v) is 19.7. The molecule has 1 aliphatic rings. The fourth-order valence-electron chi connectivity index (χ4n) is 3.40. The van der Waals surface area contributed by atoms with Crippen LogP contribution in [0.1, 0.15) is 33.3 Å². The molecule has 2 aromatic rings. The van der Waals surface area contributed by atoms with Crippen LogP contribution in [0.5, 0.6) is 5.75 Å². The summed E-state index contributed by atoms with van der Waals surface area (Å²) in [6.07, 6.45) is -2.22. The summed E-state index contributed by atoms with van der Waals surface area (Å²) < 4.78 is 16.9. The van der Waals surface area contributed by atoms with Gasteiger partial charge >= 0.3 is 6.09 Å². The SMILES string of the molecule is CC(OC(C)(C)C)[C@H](NC(=O)OCc1ccccc1)C(=O)N[C@@H]1C(=O)N[C@@H]1Oc1ccccc1. The van der Waals surface area contributed by atoms with Gasteiger partial charge in [0.05, 0.1) is 11.7 Å². The average Bonchev–Trinajstić information content (AvgIpc) is 2.79. The van der Waals surface area contributed by atoms with Crippen LogP contribution in [0.15, 0.2) is 60.7 Å². The van der Waals surface area contributed by atoms with Crippen LogP contribution in [-0.4, -0.2) is 47.9 Å². The summed E-state index contributed by atoms with van der Waals surface area (Å²) in [5.74, 6) is -0.422. The summed E-state index contributed by atoms with van der Waals surface area (Å²) in [7, 11) is 0. The number of amides is 3. The van der Waals surface area contributed by atoms with Crippen LogP contribution in [0, 0.1) is 0 Å². The van der Waals surface area contributed by atoms with Crippen molar-refractivity contribution in [1.29, 1.82) is 0 Å². The van der Waals surface area contributed by atoms with Crippen molar-refractivity contribution in [1.82, 2.24) is 16.0 Å². The lowest BCUT2D eigenvalue weighted by atomic mass is 10.1. The van der Waals surface area contributed by atoms with E-state index < -0.39 is 42.0 Å². The Hall–Kier alpha value is -3.59. The van der Waals surface area contributed by atoms with Crippen molar-refractivity contribution in [2.45, 2.75) is 64.3 Å². The normalized spacial score (nSPS) is 19.1. The van der Waals surface area contributed by atoms with Crippen LogP contribution in [0.4, 0.5) is 4.79 Å². The van der Waals surface area contributed by atoms with Gasteiger partial charge in [-0.25, -0.2) is 4.79 Å². The van der Waals surface area contributed by atoms with Gasteiger partial charge in [0.15, 0.2) is 6.04 Å². The predicted octanol–water partition coefficient (Wildman–Crippen LogP) is 2.50. The van der Waals surface area contributed by atoms with Gasteiger partial charge in [-0.05, 0) is 45.4 Å². The first-order chi connectivity index (χ1) is 16.1. The molecule has 3 rings (SSSR count). The number of hydrogen-bond donors (Lipinski definition) is 3. The summed E-state index contributed by atoms with van der Waals surface area (Å²) in [5.41, 5.74) is 0.241. The fraction of sp³-hybridized carbons (Fsp3) is 0.400. The summed E-state index contributed by atoms with van der Waals surface area (Å²) >= 11 is 0. The second kappa shape index (κ2) is 11.0. The molecule has 0 spiro atoms. The number of nitrogens with one attached hydrogen (secondary N) is 3. The third-order valence-corrected chi connectivity index (χ3v) is 4.95. The van der Waals surface area contributed by atoms with E-state index in [9.17, 15) is 14.4 Å². The van der Waals surface area contributed by atoms with Gasteiger partial charge in [-0.3, -0.25) is 9.59 Å². The number of rotatable bonds is 9. The van der Waals surface area contributed by atoms with Gasteiger partial charge in [-0.15, -0.1) is 0 Å². The Labute approximate surface area is 199 Å². The largest absolute Gasteiger partial charge is 0.468 e. The molecule has 4 atom stereocenters. The molecule has 9 heteroatoms. The standard InChI is InChI=1S/C25H31N3O6/c1-16(34-25(2,3)4)19(27-24(31)32-15-17-11-7-5-8-12-17)21(29)26-20-22(30)28-23(20)33-18-13-9-6-10-14-18/h5-14,16,19-20,23H,15H2,1-4H3,(H,26,29)(H,27,31)(H,28,30)/t16?,19-,20+,23+/m0/s1. The molecule has 1 heterocycles. The Balaban J connectivity index is 1.64. The number of β-lactam (4-membered cyclic amide) rings is 1. The lowest BCUT2D eigenvalue weighted by molar-refractivity contribution is -0.146. The van der Waals surface area contributed by atoms with Crippen molar-refractivity contribution in [3.63, 3.8) is 0 Å². The van der Waals surface area contributed by atoms with E-state index >= 15 is 0 Å². The first kappa shape index (κ1) is 25.0. The molecule has 3 amide bonds. The Kier molecular flexibility index (Phi) is 8.12. The number of ether oxygens (including phenoxy) is 3. The smallest absolute Gasteiger partial charge is 0.408 e. The predicted molar refractivity (Wildman–Crippen MR) is 125 cm³/mol. The zero-order chi connectivity index (χ0) is 24.7. The van der Waals surface area contributed by atoms with Gasteiger partial charge in [-0.2, -0.15) is 0 Å². The van der Waals surface area contributed by atoms with Gasteiger partial charge in [0.2, 0.25) is 12.1 Å². The van der Waals surface area contributed by atoms with E-state index in [1.54, 1.807) is 31.2 Å². The molecule has 0 saturated carbocycles. The molecule has 0 radical (unpaired) electrons. The van der Waals surface area contributed by atoms with Gasteiger partial charge in [0.1, 0.15) is 18.4 Å². The molecule has 0 aromatic heterocycles. The molecule has 9 nitrogen and oxygen atoms in total. The van der Waals surface area contributed by atoms with E-state index in [2.05, 4.69) is 16.0 Å². The second-order valence-electron chi connectivity index (χ2n) is 8.97. The third-order valence-electron chi connectivity index (χ3n) is 4.95. The molecule has 0 aliphatic carbocycles. The fourth-order valence-corrected chi connectivity index (χ4v) is 3.40. The molecule has 182 valence electrons. The van der Waals surface area contributed by atoms with Crippen molar-refractivity contribution in [2.24, 2.45) is 0 Å². The van der Waals surface area contributed by atoms with Crippen LogP contribution >= 0.6 is 0 Å². The molecular weight excluding hydrogens is 438 g/mol. The first-order valence-electron chi connectivity index (χ1n) is 11.1. The van der Waals surface area contributed by atoms with Crippen molar-refractivity contribution >= 4 is 17.9 Å². The maximum absolute atomic E-state index is 13.1. The lowest BCUT2D eigenvalue weighted by Crippen LogP contribution is -2.72. The van der Waals surface area contributed by atoms with E-state index in [0.717, 1.165) is 5.56 Å². The Morgan fingerprint density at radius 2 is 1.65 bits per heavy atom. The maximum atomic E-state index is 13.1. The van der Waals surface area contributed by atoms with Crippen molar-refractivity contribution in [2.75, 3.05) is 0 Å². The van der Waals surface area contributed by atoms with Crippen LogP contribution < -0.4 is 20.7 Å². The summed E-state index contributed by atoms with van der Waals surface area (Å²) in [4.78, 5) is 37.7. The van der Waals surface area contributed by atoms with E-state index in [1.807, 2.05) is 57.2 Å². The lowest BCUT2D eigenvalue weighted by Gasteiger charge is -2.38. The molecular formula is C25H31N3O6. The number of carbonyl (C=O) groups excluding carboxylic acids is 3. The molecule has 1 saturated heterocycles. The topological polar surface area (TPSA) is 115 Å². The molecule has 3 N–H and O–H groups in total. The van der Waals surface area contributed by atoms with Crippen molar-refractivity contribution < 1.29 is 28.6 Å². The van der Waals surface area contributed by atoms with Crippen LogP contribution in [0.25, 0.3) is 0 Å². The van der Waals surface area contributed by atoms with Gasteiger partial charge < -0.3 is 30.2 Å². The van der Waals surface area contributed by atoms with Crippen LogP contribution in [0.3, 0.4) is 0 Å². The minimum atomic E-state index is -1.10. The van der Waals surface area contributed by atoms with Gasteiger partial charge in [0.25, 0.3) is 5.91 Å². The van der Waals surface area contributed by atoms with E-state index in [0.29, 0.717) is 5.75 Å². The molecule has 1 aliphatic heterocycles. The highest BCUT2D eigenvalue weighted by Gasteiger charge is 2.44. The van der Waals surface area contributed by atoms with Crippen LogP contribution in [0.2, 0.25) is 0 Å². The number of carbonyl (C=O) groups is 3. The molecule has 34 heavy (non-hydrogen) atoms. The van der Waals surface area contributed by atoms with E-state index in [1.165, 1.54) is 0 Å². The molecule has 0 bridgehead atoms. The van der Waals surface area contributed by atoms with Gasteiger partial charge in [0, 0.05) is 0 Å². The van der Waals surface area contributed by atoms with E-state index in [4.69, 9.17) is 14.2 Å². The minimum Gasteiger partial charge on any atom is -0.468 e. The Morgan fingerprint density at radius 1 is 1.03 bits per heavy atom. The minimum absolute atomic E-state index is 0.0491. The summed E-state index contributed by atoms with van der Waals surface area (Å²) in [6, 6.07) is 16.1. The first-order valence-corrected chi connectivity index (χ1v) is 11.1. The highest BCUT2D eigenvalue weighted by Crippen LogP contribution is 2.17. The number of benzene rings is 2. The Morgan fingerprint density at radius 3 is 2.24 bits per heavy atom. The monoisotopic (exact) mass is 469 g/mol. The van der Waals surface area contributed by atoms with Crippen LogP contribution in [-0.2, 0) is 25.7 Å². The second-order valence-corrected chi connectivity index (χ2v) is 8.97. The highest BCUT2D eigenvalue weighted by molar-refractivity contribution is 5.95. The summed E-state index contributed by atoms with van der Waals surface area (Å²) in [5, 5.41) is 7.84. The molecule has 1 unspecified atom stereocenters. The van der Waals surface area contributed by atoms with Gasteiger partial charge in [-0.1, -0.05) is 48.5 Å². The Bertz CT molecular complexity index is 977. The third kappa shape index (κ3) is 7.21. The zero-order valence-electron chi connectivity index (χ0n) is 19.7. The number of hydrogen-bond acceptors (Lipinski definition) is 6. The summed E-state index contributed by atoms with van der Waals surface area (Å²) in [6.45, 7) is 7.25. The maximum Gasteiger partial charge on any atom is 0.408 e. The molecule has 1 fully saturated rings. The average molecular weight is 470 g/mol. The van der Waals surface area contributed by atoms with Crippen molar-refractivity contribution in [3.05, 3.63) is 66.2 Å². The quantitative estimate of drug-likeness (QED) is 0.486. The number of alkyl carbamates (subject to hydrolysis) is 1. The molecule has 2 aromatic carbocycles.